The van der Waals surface area contributed by atoms with E-state index in [0.29, 0.717) is 60.3 Å². The van der Waals surface area contributed by atoms with Gasteiger partial charge in [0.25, 0.3) is 5.91 Å². The molecule has 1 fully saturated rings. The van der Waals surface area contributed by atoms with Crippen LogP contribution in [-0.4, -0.2) is 42.7 Å². The van der Waals surface area contributed by atoms with Crippen LogP contribution in [0, 0.1) is 12.8 Å². The van der Waals surface area contributed by atoms with E-state index in [1.54, 1.807) is 13.2 Å². The summed E-state index contributed by atoms with van der Waals surface area (Å²) in [6.07, 6.45) is 3.65. The van der Waals surface area contributed by atoms with Gasteiger partial charge in [0.15, 0.2) is 5.75 Å². The number of methoxy groups -OCH3 is 1. The van der Waals surface area contributed by atoms with Gasteiger partial charge < -0.3 is 25.2 Å². The Balaban J connectivity index is 1.67. The zero-order valence-electron chi connectivity index (χ0n) is 22.9. The number of hydrogen-bond donors (Lipinski definition) is 2. The van der Waals surface area contributed by atoms with Crippen LogP contribution in [0.25, 0.3) is 0 Å². The van der Waals surface area contributed by atoms with Gasteiger partial charge in [0.05, 0.1) is 10.6 Å². The average Bonchev–Trinajstić information content (AvgIpc) is 2.97. The molecule has 3 aromatic rings. The van der Waals surface area contributed by atoms with Gasteiger partial charge in [0, 0.05) is 50.4 Å². The number of nitrogens with zero attached hydrogens (tertiary/aromatic N) is 1. The van der Waals surface area contributed by atoms with E-state index in [2.05, 4.69) is 0 Å². The second-order valence-electron chi connectivity index (χ2n) is 10.3. The number of para-hydroxylation sites is 2. The largest absolute Gasteiger partial charge is 0.455 e. The van der Waals surface area contributed by atoms with Gasteiger partial charge in [0.2, 0.25) is 0 Å². The average molecular weight is 551 g/mol. The topological polar surface area (TPSA) is 85.0 Å². The van der Waals surface area contributed by atoms with Crippen molar-refractivity contribution in [2.45, 2.75) is 51.2 Å². The van der Waals surface area contributed by atoms with E-state index in [4.69, 9.17) is 26.8 Å². The predicted octanol–water partition coefficient (Wildman–Crippen LogP) is 6.46. The molecule has 3 aromatic carbocycles. The third kappa shape index (κ3) is 6.82. The number of unbranched alkanes of at least 4 members (excludes halogenated alkanes) is 1. The maximum absolute atomic E-state index is 13.5. The molecular weight excluding hydrogens is 512 g/mol. The number of nitrogens with two attached hydrogens (primary N) is 1. The first-order valence-electron chi connectivity index (χ1n) is 13.7. The fourth-order valence-corrected chi connectivity index (χ4v) is 5.66. The van der Waals surface area contributed by atoms with Crippen molar-refractivity contribution >= 4 is 17.5 Å². The summed E-state index contributed by atoms with van der Waals surface area (Å²) in [6.45, 7) is 4.12. The highest BCUT2D eigenvalue weighted by atomic mass is 35.5. The minimum absolute atomic E-state index is 0.0347. The summed E-state index contributed by atoms with van der Waals surface area (Å²) in [5.41, 5.74) is 7.72. The summed E-state index contributed by atoms with van der Waals surface area (Å²) in [6, 6.07) is 20.7. The molecule has 39 heavy (non-hydrogen) atoms. The van der Waals surface area contributed by atoms with Gasteiger partial charge in [-0.15, -0.1) is 0 Å². The molecule has 0 aliphatic carbocycles. The number of carbonyl (C=O) groups is 1. The fraction of sp³-hybridized carbons (Fsp3) is 0.406. The molecule has 1 unspecified atom stereocenters. The maximum Gasteiger partial charge on any atom is 0.253 e. The SMILES string of the molecule is COCCCCC(O)(c1cccc(Cl)c1Oc1ccccc1C)[C@@H]1CCCN(C(=O)c2ccc(CN)cc2)C1. The molecule has 0 saturated carbocycles. The molecule has 1 saturated heterocycles. The Labute approximate surface area is 236 Å². The zero-order chi connectivity index (χ0) is 27.8. The van der Waals surface area contributed by atoms with Crippen molar-refractivity contribution in [3.05, 3.63) is 94.0 Å². The van der Waals surface area contributed by atoms with E-state index in [-0.39, 0.29) is 11.8 Å². The third-order valence-corrected chi connectivity index (χ3v) is 8.01. The summed E-state index contributed by atoms with van der Waals surface area (Å²) in [7, 11) is 1.68. The van der Waals surface area contributed by atoms with Gasteiger partial charge in [-0.25, -0.2) is 0 Å². The van der Waals surface area contributed by atoms with Crippen LogP contribution in [0.2, 0.25) is 5.02 Å². The van der Waals surface area contributed by atoms with Gasteiger partial charge >= 0.3 is 0 Å². The molecule has 1 amide bonds. The Hall–Kier alpha value is -2.90. The van der Waals surface area contributed by atoms with Crippen LogP contribution in [0.1, 0.15) is 59.2 Å². The van der Waals surface area contributed by atoms with Gasteiger partial charge in [-0.05, 0) is 74.4 Å². The van der Waals surface area contributed by atoms with Crippen LogP contribution in [0.15, 0.2) is 66.7 Å². The van der Waals surface area contributed by atoms with Gasteiger partial charge in [-0.1, -0.05) is 54.1 Å². The number of halogens is 1. The van der Waals surface area contributed by atoms with E-state index >= 15 is 0 Å². The number of amides is 1. The highest BCUT2D eigenvalue weighted by Gasteiger charge is 2.43. The highest BCUT2D eigenvalue weighted by Crippen LogP contribution is 2.47. The first-order valence-corrected chi connectivity index (χ1v) is 14.1. The Morgan fingerprint density at radius 3 is 2.59 bits per heavy atom. The molecule has 0 spiro atoms. The molecule has 208 valence electrons. The molecule has 4 rings (SSSR count). The van der Waals surface area contributed by atoms with Crippen molar-refractivity contribution in [1.29, 1.82) is 0 Å². The summed E-state index contributed by atoms with van der Waals surface area (Å²) in [4.78, 5) is 15.3. The summed E-state index contributed by atoms with van der Waals surface area (Å²) >= 11 is 6.71. The number of aliphatic hydroxyl groups is 1. The second kappa shape index (κ2) is 13.4. The summed E-state index contributed by atoms with van der Waals surface area (Å²) in [5.74, 6) is 0.921. The lowest BCUT2D eigenvalue weighted by atomic mass is 9.73. The smallest absolute Gasteiger partial charge is 0.253 e. The Kier molecular flexibility index (Phi) is 10.0. The number of rotatable bonds is 11. The van der Waals surface area contributed by atoms with Crippen LogP contribution in [-0.2, 0) is 16.9 Å². The molecule has 1 heterocycles. The van der Waals surface area contributed by atoms with Crippen molar-refractivity contribution in [3.63, 3.8) is 0 Å². The first-order chi connectivity index (χ1) is 18.9. The lowest BCUT2D eigenvalue weighted by Gasteiger charge is -2.43. The lowest BCUT2D eigenvalue weighted by Crippen LogP contribution is -2.48. The number of carbonyl (C=O) groups excluding carboxylic acids is 1. The monoisotopic (exact) mass is 550 g/mol. The second-order valence-corrected chi connectivity index (χ2v) is 10.8. The number of ether oxygens (including phenoxy) is 2. The number of likely N-dealkylation sites (tertiary alicyclic amines) is 1. The maximum atomic E-state index is 13.5. The van der Waals surface area contributed by atoms with E-state index in [1.165, 1.54) is 0 Å². The predicted molar refractivity (Wildman–Crippen MR) is 155 cm³/mol. The molecule has 1 aliphatic rings. The van der Waals surface area contributed by atoms with Gasteiger partial charge in [-0.3, -0.25) is 4.79 Å². The molecule has 0 aromatic heterocycles. The minimum Gasteiger partial charge on any atom is -0.455 e. The van der Waals surface area contributed by atoms with E-state index in [1.807, 2.05) is 72.5 Å². The highest BCUT2D eigenvalue weighted by molar-refractivity contribution is 6.32. The van der Waals surface area contributed by atoms with Crippen molar-refractivity contribution in [1.82, 2.24) is 4.90 Å². The molecule has 0 bridgehead atoms. The van der Waals surface area contributed by atoms with Crippen LogP contribution in [0.5, 0.6) is 11.5 Å². The lowest BCUT2D eigenvalue weighted by molar-refractivity contribution is -0.0589. The van der Waals surface area contributed by atoms with Crippen LogP contribution in [0.3, 0.4) is 0 Å². The first kappa shape index (κ1) is 29.1. The normalized spacial score (nSPS) is 17.1. The standard InChI is InChI=1S/C32H39ClN2O4/c1-23-9-3-4-13-29(23)39-30-27(11-7-12-28(30)33)32(37,18-5-6-20-38-2)26-10-8-19-35(22-26)31(36)25-16-14-24(21-34)15-17-25/h3-4,7,9,11-17,26,37H,5-6,8,10,18-22,34H2,1-2H3/t26-,32?/m1/s1. The van der Waals surface area contributed by atoms with Crippen LogP contribution < -0.4 is 10.5 Å². The van der Waals surface area contributed by atoms with Crippen molar-refractivity contribution < 1.29 is 19.4 Å². The van der Waals surface area contributed by atoms with Crippen molar-refractivity contribution in [2.75, 3.05) is 26.8 Å². The molecule has 3 N–H and O–H groups in total. The van der Waals surface area contributed by atoms with Crippen LogP contribution >= 0.6 is 11.6 Å². The Bertz CT molecular complexity index is 1250. The number of hydrogen-bond acceptors (Lipinski definition) is 5. The van der Waals surface area contributed by atoms with Gasteiger partial charge in [-0.2, -0.15) is 0 Å². The van der Waals surface area contributed by atoms with Crippen molar-refractivity contribution in [2.24, 2.45) is 11.7 Å². The fourth-order valence-electron chi connectivity index (χ4n) is 5.45. The molecule has 6 nitrogen and oxygen atoms in total. The van der Waals surface area contributed by atoms with E-state index < -0.39 is 5.60 Å². The van der Waals surface area contributed by atoms with Gasteiger partial charge in [0.1, 0.15) is 5.75 Å². The summed E-state index contributed by atoms with van der Waals surface area (Å²) < 4.78 is 11.7. The number of benzene rings is 3. The summed E-state index contributed by atoms with van der Waals surface area (Å²) in [5, 5.41) is 13.0. The van der Waals surface area contributed by atoms with E-state index in [0.717, 1.165) is 36.8 Å². The van der Waals surface area contributed by atoms with Crippen LogP contribution in [0.4, 0.5) is 0 Å². The zero-order valence-corrected chi connectivity index (χ0v) is 23.6. The Morgan fingerprint density at radius 1 is 1.10 bits per heavy atom. The van der Waals surface area contributed by atoms with Crippen molar-refractivity contribution in [3.8, 4) is 11.5 Å². The molecular formula is C32H39ClN2O4. The van der Waals surface area contributed by atoms with E-state index in [9.17, 15) is 9.90 Å². The quantitative estimate of drug-likeness (QED) is 0.268. The third-order valence-electron chi connectivity index (χ3n) is 7.72. The molecule has 2 atom stereocenters. The number of piperidine rings is 1. The molecule has 0 radical (unpaired) electrons. The Morgan fingerprint density at radius 2 is 1.87 bits per heavy atom. The molecule has 7 heteroatoms. The molecule has 1 aliphatic heterocycles. The number of aryl methyl sites for hydroxylation is 1. The minimum atomic E-state index is -1.25.